The zero-order valence-electron chi connectivity index (χ0n) is 15.3. The molecular formula is C19H22F2N4O3. The van der Waals surface area contributed by atoms with Crippen molar-refractivity contribution < 1.29 is 23.2 Å². The van der Waals surface area contributed by atoms with E-state index in [0.29, 0.717) is 31.9 Å². The molecule has 1 saturated carbocycles. The van der Waals surface area contributed by atoms with Gasteiger partial charge in [0.15, 0.2) is 11.6 Å². The van der Waals surface area contributed by atoms with Gasteiger partial charge < -0.3 is 15.1 Å². The van der Waals surface area contributed by atoms with Gasteiger partial charge in [0.05, 0.1) is 0 Å². The summed E-state index contributed by atoms with van der Waals surface area (Å²) in [6.45, 7) is 1.96. The van der Waals surface area contributed by atoms with E-state index >= 15 is 0 Å². The highest BCUT2D eigenvalue weighted by atomic mass is 19.2. The Hall–Kier alpha value is -2.71. The Kier molecular flexibility index (Phi) is 4.68. The Labute approximate surface area is 161 Å². The first kappa shape index (κ1) is 18.6. The molecule has 1 aliphatic carbocycles. The summed E-state index contributed by atoms with van der Waals surface area (Å²) in [6.07, 6.45) is 2.20. The van der Waals surface area contributed by atoms with Crippen LogP contribution in [0.3, 0.4) is 0 Å². The second-order valence-electron chi connectivity index (χ2n) is 7.62. The maximum absolute atomic E-state index is 13.4. The number of hydrogen-bond acceptors (Lipinski definition) is 4. The van der Waals surface area contributed by atoms with Crippen LogP contribution in [-0.2, 0) is 9.59 Å². The summed E-state index contributed by atoms with van der Waals surface area (Å²) in [4.78, 5) is 40.1. The standard InChI is InChI=1S/C19H22F2N4O3/c20-14-4-3-13(11-15(14)21)24-7-9-25(10-8-24)16(26)5-6-19(12-1-2-12)17(27)22-18(28)23-19/h3-4,11-12H,1-2,5-10H2,(H2,22,23,27,28). The van der Waals surface area contributed by atoms with Crippen molar-refractivity contribution in [2.45, 2.75) is 31.2 Å². The number of carbonyl (C=O) groups is 3. The quantitative estimate of drug-likeness (QED) is 0.742. The molecule has 7 nitrogen and oxygen atoms in total. The number of nitrogens with one attached hydrogen (secondary N) is 2. The fourth-order valence-electron chi connectivity index (χ4n) is 4.11. The molecule has 28 heavy (non-hydrogen) atoms. The first-order valence-electron chi connectivity index (χ1n) is 9.50. The maximum atomic E-state index is 13.4. The zero-order chi connectivity index (χ0) is 19.9. The van der Waals surface area contributed by atoms with Crippen molar-refractivity contribution in [1.82, 2.24) is 15.5 Å². The van der Waals surface area contributed by atoms with Crippen molar-refractivity contribution in [1.29, 1.82) is 0 Å². The van der Waals surface area contributed by atoms with Crippen LogP contribution in [0.15, 0.2) is 18.2 Å². The van der Waals surface area contributed by atoms with E-state index < -0.39 is 23.2 Å². The van der Waals surface area contributed by atoms with E-state index in [1.165, 1.54) is 6.07 Å². The zero-order valence-corrected chi connectivity index (χ0v) is 15.3. The van der Waals surface area contributed by atoms with Gasteiger partial charge in [-0.1, -0.05) is 0 Å². The second kappa shape index (κ2) is 7.03. The lowest BCUT2D eigenvalue weighted by Crippen LogP contribution is -2.51. The molecule has 1 aromatic carbocycles. The average molecular weight is 392 g/mol. The van der Waals surface area contributed by atoms with Crippen molar-refractivity contribution in [2.75, 3.05) is 31.1 Å². The van der Waals surface area contributed by atoms with Crippen LogP contribution in [0, 0.1) is 17.6 Å². The van der Waals surface area contributed by atoms with Crippen molar-refractivity contribution in [2.24, 2.45) is 5.92 Å². The van der Waals surface area contributed by atoms with Crippen LogP contribution in [0.5, 0.6) is 0 Å². The number of piperazine rings is 1. The molecule has 0 bridgehead atoms. The van der Waals surface area contributed by atoms with Crippen LogP contribution in [0.4, 0.5) is 19.3 Å². The van der Waals surface area contributed by atoms with Gasteiger partial charge in [0.1, 0.15) is 5.54 Å². The minimum Gasteiger partial charge on any atom is -0.368 e. The molecule has 2 saturated heterocycles. The van der Waals surface area contributed by atoms with E-state index in [-0.39, 0.29) is 30.6 Å². The number of halogens is 2. The lowest BCUT2D eigenvalue weighted by atomic mass is 9.87. The normalized spacial score (nSPS) is 24.9. The third kappa shape index (κ3) is 3.41. The third-order valence-electron chi connectivity index (χ3n) is 5.88. The number of nitrogens with zero attached hydrogens (tertiary/aromatic N) is 2. The molecule has 2 N–H and O–H groups in total. The van der Waals surface area contributed by atoms with Crippen LogP contribution in [0.1, 0.15) is 25.7 Å². The van der Waals surface area contributed by atoms with E-state index in [2.05, 4.69) is 10.6 Å². The summed E-state index contributed by atoms with van der Waals surface area (Å²) in [6, 6.07) is 3.29. The summed E-state index contributed by atoms with van der Waals surface area (Å²) in [5, 5.41) is 5.02. The van der Waals surface area contributed by atoms with Gasteiger partial charge in [-0.2, -0.15) is 0 Å². The smallest absolute Gasteiger partial charge is 0.322 e. The van der Waals surface area contributed by atoms with E-state index in [0.717, 1.165) is 25.0 Å². The molecule has 1 aromatic rings. The highest BCUT2D eigenvalue weighted by molar-refractivity contribution is 6.07. The summed E-state index contributed by atoms with van der Waals surface area (Å²) in [7, 11) is 0. The Morgan fingerprint density at radius 3 is 2.39 bits per heavy atom. The minimum atomic E-state index is -0.958. The Morgan fingerprint density at radius 2 is 1.82 bits per heavy atom. The van der Waals surface area contributed by atoms with Gasteiger partial charge in [-0.25, -0.2) is 13.6 Å². The number of urea groups is 1. The molecule has 3 aliphatic rings. The van der Waals surface area contributed by atoms with Gasteiger partial charge in [0, 0.05) is 44.4 Å². The molecule has 4 amide bonds. The Morgan fingerprint density at radius 1 is 1.11 bits per heavy atom. The monoisotopic (exact) mass is 392 g/mol. The predicted octanol–water partition coefficient (Wildman–Crippen LogP) is 1.38. The summed E-state index contributed by atoms with van der Waals surface area (Å²) < 4.78 is 26.5. The number of hydrogen-bond donors (Lipinski definition) is 2. The lowest BCUT2D eigenvalue weighted by molar-refractivity contribution is -0.132. The Bertz CT molecular complexity index is 821. The lowest BCUT2D eigenvalue weighted by Gasteiger charge is -2.36. The molecule has 0 spiro atoms. The van der Waals surface area contributed by atoms with Crippen molar-refractivity contribution in [3.05, 3.63) is 29.8 Å². The highest BCUT2D eigenvalue weighted by Gasteiger charge is 2.55. The molecule has 1 unspecified atom stereocenters. The van der Waals surface area contributed by atoms with Gasteiger partial charge in [-0.05, 0) is 37.3 Å². The second-order valence-corrected chi connectivity index (χ2v) is 7.62. The number of rotatable bonds is 5. The summed E-state index contributed by atoms with van der Waals surface area (Å²) >= 11 is 0. The Balaban J connectivity index is 1.32. The van der Waals surface area contributed by atoms with Crippen molar-refractivity contribution in [3.8, 4) is 0 Å². The average Bonchev–Trinajstić information content (AvgIpc) is 3.48. The van der Waals surface area contributed by atoms with Crippen LogP contribution >= 0.6 is 0 Å². The number of anilines is 1. The summed E-state index contributed by atoms with van der Waals surface area (Å²) in [5.74, 6) is -2.09. The van der Waals surface area contributed by atoms with Crippen LogP contribution in [0.25, 0.3) is 0 Å². The molecular weight excluding hydrogens is 370 g/mol. The molecule has 0 radical (unpaired) electrons. The van der Waals surface area contributed by atoms with Gasteiger partial charge in [-0.3, -0.25) is 14.9 Å². The number of imide groups is 1. The van der Waals surface area contributed by atoms with Crippen LogP contribution in [-0.4, -0.2) is 54.5 Å². The highest BCUT2D eigenvalue weighted by Crippen LogP contribution is 2.43. The minimum absolute atomic E-state index is 0.0705. The van der Waals surface area contributed by atoms with Gasteiger partial charge in [0.2, 0.25) is 5.91 Å². The van der Waals surface area contributed by atoms with Crippen LogP contribution in [0.2, 0.25) is 0 Å². The van der Waals surface area contributed by atoms with Gasteiger partial charge in [0.25, 0.3) is 5.91 Å². The molecule has 150 valence electrons. The first-order valence-corrected chi connectivity index (χ1v) is 9.50. The molecule has 9 heteroatoms. The fraction of sp³-hybridized carbons (Fsp3) is 0.526. The molecule has 2 heterocycles. The molecule has 0 aromatic heterocycles. The molecule has 1 atom stereocenters. The SMILES string of the molecule is O=C1NC(=O)C(CCC(=O)N2CCN(c3ccc(F)c(F)c3)CC2)(C2CC2)N1. The predicted molar refractivity (Wildman–Crippen MR) is 96.5 cm³/mol. The first-order chi connectivity index (χ1) is 13.4. The maximum Gasteiger partial charge on any atom is 0.322 e. The molecule has 3 fully saturated rings. The van der Waals surface area contributed by atoms with Crippen molar-refractivity contribution in [3.63, 3.8) is 0 Å². The van der Waals surface area contributed by atoms with Crippen LogP contribution < -0.4 is 15.5 Å². The van der Waals surface area contributed by atoms with Gasteiger partial charge in [-0.15, -0.1) is 0 Å². The molecule has 2 aliphatic heterocycles. The van der Waals surface area contributed by atoms with Crippen molar-refractivity contribution >= 4 is 23.5 Å². The van der Waals surface area contributed by atoms with E-state index in [9.17, 15) is 23.2 Å². The van der Waals surface area contributed by atoms with Gasteiger partial charge >= 0.3 is 6.03 Å². The fourth-order valence-corrected chi connectivity index (χ4v) is 4.11. The largest absolute Gasteiger partial charge is 0.368 e. The van der Waals surface area contributed by atoms with E-state index in [1.54, 1.807) is 4.90 Å². The molecule has 4 rings (SSSR count). The number of benzene rings is 1. The third-order valence-corrected chi connectivity index (χ3v) is 5.88. The number of carbonyl (C=O) groups excluding carboxylic acids is 3. The summed E-state index contributed by atoms with van der Waals surface area (Å²) in [5.41, 5.74) is -0.371. The topological polar surface area (TPSA) is 81.8 Å². The van der Waals surface area contributed by atoms with E-state index in [1.807, 2.05) is 4.90 Å². The number of amides is 4. The van der Waals surface area contributed by atoms with E-state index in [4.69, 9.17) is 0 Å².